The maximum Gasteiger partial charge on any atom is 0.101 e. The predicted molar refractivity (Wildman–Crippen MR) is 141 cm³/mol. The van der Waals surface area contributed by atoms with Crippen LogP contribution in [-0.2, 0) is 5.41 Å². The Morgan fingerprint density at radius 2 is 1.06 bits per heavy atom. The Morgan fingerprint density at radius 1 is 0.600 bits per heavy atom. The van der Waals surface area contributed by atoms with Crippen LogP contribution < -0.4 is 11.5 Å². The Bertz CT molecular complexity index is 1530. The Labute approximate surface area is 206 Å². The van der Waals surface area contributed by atoms with Gasteiger partial charge in [-0.3, -0.25) is 0 Å². The largest absolute Gasteiger partial charge is 0.398 e. The van der Waals surface area contributed by atoms with Gasteiger partial charge >= 0.3 is 0 Å². The van der Waals surface area contributed by atoms with Gasteiger partial charge in [-0.05, 0) is 95.5 Å². The number of aryl methyl sites for hydroxylation is 4. The summed E-state index contributed by atoms with van der Waals surface area (Å²) in [6.45, 7) is 8.11. The third kappa shape index (κ3) is 2.97. The lowest BCUT2D eigenvalue weighted by Crippen LogP contribution is -2.29. The Balaban J connectivity index is 2.05. The normalized spacial score (nSPS) is 13.0. The predicted octanol–water partition coefficient (Wildman–Crippen LogP) is 6.19. The topological polar surface area (TPSA) is 99.6 Å². The van der Waals surface area contributed by atoms with E-state index >= 15 is 0 Å². The Morgan fingerprint density at radius 3 is 1.54 bits per heavy atom. The van der Waals surface area contributed by atoms with Crippen LogP contribution in [0.15, 0.2) is 60.7 Å². The molecule has 0 saturated carbocycles. The second kappa shape index (κ2) is 7.76. The standard InChI is InChI=1S/C31H26N4/c1-17-9-23(10-18(2)29(17)34)31(24-11-19(3)30(35)20(4)12-24)27-8-6-5-7-25(27)26-13-21(15-32)22(16-33)14-28(26)31/h5-14H,34-35H2,1-4H3. The summed E-state index contributed by atoms with van der Waals surface area (Å²) in [5.41, 5.74) is 24.6. The van der Waals surface area contributed by atoms with Crippen LogP contribution in [0.5, 0.6) is 0 Å². The quantitative estimate of drug-likeness (QED) is 0.311. The van der Waals surface area contributed by atoms with Crippen LogP contribution in [-0.4, -0.2) is 0 Å². The van der Waals surface area contributed by atoms with Crippen molar-refractivity contribution in [3.63, 3.8) is 0 Å². The summed E-state index contributed by atoms with van der Waals surface area (Å²) in [7, 11) is 0. The highest BCUT2D eigenvalue weighted by Crippen LogP contribution is 2.57. The fourth-order valence-corrected chi connectivity index (χ4v) is 5.68. The number of hydrogen-bond acceptors (Lipinski definition) is 4. The number of hydrogen-bond donors (Lipinski definition) is 2. The first-order valence-electron chi connectivity index (χ1n) is 11.6. The van der Waals surface area contributed by atoms with Crippen molar-refractivity contribution in [2.24, 2.45) is 0 Å². The molecule has 0 atom stereocenters. The summed E-state index contributed by atoms with van der Waals surface area (Å²) in [6.07, 6.45) is 0. The van der Waals surface area contributed by atoms with Gasteiger partial charge in [-0.25, -0.2) is 0 Å². The number of benzene rings is 4. The maximum atomic E-state index is 9.92. The van der Waals surface area contributed by atoms with Crippen molar-refractivity contribution < 1.29 is 0 Å². The monoisotopic (exact) mass is 454 g/mol. The minimum absolute atomic E-state index is 0.371. The maximum absolute atomic E-state index is 9.92. The molecule has 0 saturated heterocycles. The van der Waals surface area contributed by atoms with Crippen LogP contribution in [0.4, 0.5) is 11.4 Å². The molecule has 35 heavy (non-hydrogen) atoms. The van der Waals surface area contributed by atoms with E-state index in [0.29, 0.717) is 11.1 Å². The fourth-order valence-electron chi connectivity index (χ4n) is 5.68. The van der Waals surface area contributed by atoms with Crippen molar-refractivity contribution in [3.8, 4) is 23.3 Å². The SMILES string of the molecule is Cc1cc(C2(c3cc(C)c(N)c(C)c3)c3ccccc3-c3cc(C#N)c(C#N)cc32)cc(C)c1N. The van der Waals surface area contributed by atoms with Crippen LogP contribution in [0.2, 0.25) is 0 Å². The van der Waals surface area contributed by atoms with Crippen molar-refractivity contribution in [1.29, 1.82) is 10.5 Å². The summed E-state index contributed by atoms with van der Waals surface area (Å²) < 4.78 is 0. The van der Waals surface area contributed by atoms with Crippen molar-refractivity contribution in [2.45, 2.75) is 33.1 Å². The van der Waals surface area contributed by atoms with Crippen molar-refractivity contribution in [2.75, 3.05) is 11.5 Å². The molecule has 0 aliphatic heterocycles. The van der Waals surface area contributed by atoms with Gasteiger partial charge in [-0.2, -0.15) is 10.5 Å². The number of nitrogens with zero attached hydrogens (tertiary/aromatic N) is 2. The smallest absolute Gasteiger partial charge is 0.101 e. The highest BCUT2D eigenvalue weighted by molar-refractivity contribution is 5.88. The third-order valence-electron chi connectivity index (χ3n) is 7.48. The average molecular weight is 455 g/mol. The van der Waals surface area contributed by atoms with Gasteiger partial charge in [0.1, 0.15) is 12.1 Å². The first-order chi connectivity index (χ1) is 16.7. The van der Waals surface area contributed by atoms with Crippen molar-refractivity contribution >= 4 is 11.4 Å². The van der Waals surface area contributed by atoms with Crippen LogP contribution >= 0.6 is 0 Å². The van der Waals surface area contributed by atoms with E-state index in [0.717, 1.165) is 67.0 Å². The molecular weight excluding hydrogens is 428 g/mol. The second-order valence-corrected chi connectivity index (χ2v) is 9.51. The molecule has 4 aromatic carbocycles. The molecule has 5 rings (SSSR count). The lowest BCUT2D eigenvalue weighted by Gasteiger charge is -2.35. The lowest BCUT2D eigenvalue weighted by molar-refractivity contribution is 0.764. The van der Waals surface area contributed by atoms with E-state index in [2.05, 4.69) is 48.5 Å². The average Bonchev–Trinajstić information content (AvgIpc) is 3.14. The van der Waals surface area contributed by atoms with Crippen molar-refractivity contribution in [3.05, 3.63) is 116 Å². The molecule has 0 aromatic heterocycles. The molecule has 0 heterocycles. The molecule has 4 aromatic rings. The van der Waals surface area contributed by atoms with Gasteiger partial charge in [0.2, 0.25) is 0 Å². The number of nitrogens with two attached hydrogens (primary N) is 2. The van der Waals surface area contributed by atoms with Crippen LogP contribution in [0.1, 0.15) is 55.6 Å². The highest BCUT2D eigenvalue weighted by atomic mass is 14.6. The number of fused-ring (bicyclic) bond motifs is 3. The van der Waals surface area contributed by atoms with Crippen LogP contribution in [0.3, 0.4) is 0 Å². The van der Waals surface area contributed by atoms with Crippen LogP contribution in [0, 0.1) is 50.4 Å². The van der Waals surface area contributed by atoms with E-state index in [1.165, 1.54) is 0 Å². The molecule has 0 fully saturated rings. The third-order valence-corrected chi connectivity index (χ3v) is 7.48. The number of nitrogen functional groups attached to an aromatic ring is 2. The first-order valence-corrected chi connectivity index (χ1v) is 11.6. The Kier molecular flexibility index (Phi) is 4.93. The molecule has 0 radical (unpaired) electrons. The summed E-state index contributed by atoms with van der Waals surface area (Å²) in [5, 5.41) is 19.7. The molecule has 1 aliphatic carbocycles. The zero-order valence-corrected chi connectivity index (χ0v) is 20.3. The summed E-state index contributed by atoms with van der Waals surface area (Å²) in [4.78, 5) is 0. The van der Waals surface area contributed by atoms with E-state index < -0.39 is 5.41 Å². The first kappa shape index (κ1) is 22.3. The summed E-state index contributed by atoms with van der Waals surface area (Å²) in [5.74, 6) is 0. The van der Waals surface area contributed by atoms with E-state index in [1.807, 2.05) is 52.0 Å². The van der Waals surface area contributed by atoms with Gasteiger partial charge in [0, 0.05) is 11.4 Å². The highest BCUT2D eigenvalue weighted by Gasteiger charge is 2.47. The molecule has 1 aliphatic rings. The van der Waals surface area contributed by atoms with Gasteiger partial charge in [0.05, 0.1) is 16.5 Å². The van der Waals surface area contributed by atoms with Crippen molar-refractivity contribution in [1.82, 2.24) is 0 Å². The minimum atomic E-state index is -0.696. The molecule has 4 N–H and O–H groups in total. The molecule has 170 valence electrons. The van der Waals surface area contributed by atoms with Crippen LogP contribution in [0.25, 0.3) is 11.1 Å². The summed E-state index contributed by atoms with van der Waals surface area (Å²) in [6, 6.07) is 25.1. The van der Waals surface area contributed by atoms with Gasteiger partial charge in [0.15, 0.2) is 0 Å². The fraction of sp³-hybridized carbons (Fsp3) is 0.161. The van der Waals surface area contributed by atoms with E-state index in [9.17, 15) is 10.5 Å². The molecule has 0 spiro atoms. The molecule has 0 bridgehead atoms. The molecule has 4 nitrogen and oxygen atoms in total. The van der Waals surface area contributed by atoms with Gasteiger partial charge in [0.25, 0.3) is 0 Å². The number of nitriles is 2. The second-order valence-electron chi connectivity index (χ2n) is 9.51. The number of anilines is 2. The summed E-state index contributed by atoms with van der Waals surface area (Å²) >= 11 is 0. The molecular formula is C31H26N4. The van der Waals surface area contributed by atoms with Gasteiger partial charge in [-0.1, -0.05) is 48.5 Å². The van der Waals surface area contributed by atoms with E-state index in [1.54, 1.807) is 0 Å². The number of rotatable bonds is 2. The van der Waals surface area contributed by atoms with E-state index in [4.69, 9.17) is 11.5 Å². The Hall–Kier alpha value is -4.54. The van der Waals surface area contributed by atoms with Gasteiger partial charge in [-0.15, -0.1) is 0 Å². The molecule has 0 amide bonds. The zero-order valence-electron chi connectivity index (χ0n) is 20.3. The van der Waals surface area contributed by atoms with Gasteiger partial charge < -0.3 is 11.5 Å². The minimum Gasteiger partial charge on any atom is -0.398 e. The van der Waals surface area contributed by atoms with E-state index in [-0.39, 0.29) is 0 Å². The molecule has 0 unspecified atom stereocenters. The lowest BCUT2D eigenvalue weighted by atomic mass is 9.66. The molecule has 4 heteroatoms. The zero-order chi connectivity index (χ0) is 25.1.